The molecule has 0 aliphatic heterocycles. The number of halogens is 3. The van der Waals surface area contributed by atoms with E-state index >= 15 is 0 Å². The van der Waals surface area contributed by atoms with E-state index < -0.39 is 16.4 Å². The second-order valence-corrected chi connectivity index (χ2v) is 5.18. The maximum Gasteiger partial charge on any atom is 0.314 e. The van der Waals surface area contributed by atoms with Crippen LogP contribution in [-0.2, 0) is 0 Å². The molecule has 8 heteroatoms. The second kappa shape index (κ2) is 5.62. The second-order valence-electron chi connectivity index (χ2n) is 3.41. The van der Waals surface area contributed by atoms with Crippen molar-refractivity contribution >= 4 is 37.5 Å². The lowest BCUT2D eigenvalue weighted by Crippen LogP contribution is -1.96. The van der Waals surface area contributed by atoms with Crippen molar-refractivity contribution in [2.45, 2.75) is 0 Å². The molecule has 0 spiro atoms. The van der Waals surface area contributed by atoms with Crippen LogP contribution >= 0.6 is 31.9 Å². The molecule has 2 aromatic rings. The molecule has 98 valence electrons. The van der Waals surface area contributed by atoms with Gasteiger partial charge in [0.2, 0.25) is 11.6 Å². The Balaban J connectivity index is 2.40. The molecule has 0 aliphatic carbocycles. The normalized spacial score (nSPS) is 10.3. The Labute approximate surface area is 123 Å². The zero-order valence-corrected chi connectivity index (χ0v) is 12.3. The maximum absolute atomic E-state index is 13.0. The molecule has 0 fully saturated rings. The van der Waals surface area contributed by atoms with Crippen molar-refractivity contribution in [1.29, 1.82) is 0 Å². The van der Waals surface area contributed by atoms with Crippen LogP contribution in [0.5, 0.6) is 11.6 Å². The van der Waals surface area contributed by atoms with Gasteiger partial charge in [0.25, 0.3) is 0 Å². The molecule has 0 unspecified atom stereocenters. The van der Waals surface area contributed by atoms with E-state index in [0.29, 0.717) is 4.47 Å². The summed E-state index contributed by atoms with van der Waals surface area (Å²) in [6, 6.07) is 4.73. The standard InChI is InChI=1S/C11H5Br2FN2O3/c12-6-3-8(13)11(15-5-6)19-10-2-1-7(14)4-9(10)16(17)18/h1-5H. The lowest BCUT2D eigenvalue weighted by molar-refractivity contribution is -0.385. The summed E-state index contributed by atoms with van der Waals surface area (Å²) < 4.78 is 19.5. The summed E-state index contributed by atoms with van der Waals surface area (Å²) in [6.07, 6.45) is 1.48. The number of hydrogen-bond acceptors (Lipinski definition) is 4. The molecule has 1 aromatic heterocycles. The van der Waals surface area contributed by atoms with Gasteiger partial charge in [-0.1, -0.05) is 0 Å². The van der Waals surface area contributed by atoms with E-state index in [4.69, 9.17) is 4.74 Å². The molecule has 5 nitrogen and oxygen atoms in total. The van der Waals surface area contributed by atoms with E-state index in [2.05, 4.69) is 36.8 Å². The van der Waals surface area contributed by atoms with Crippen LogP contribution < -0.4 is 4.74 Å². The van der Waals surface area contributed by atoms with Gasteiger partial charge in [0.05, 0.1) is 15.5 Å². The Morgan fingerprint density at radius 1 is 1.32 bits per heavy atom. The lowest BCUT2D eigenvalue weighted by Gasteiger charge is -2.07. The number of nitro groups is 1. The molecule has 0 aliphatic rings. The minimum absolute atomic E-state index is 0.0816. The number of rotatable bonds is 3. The van der Waals surface area contributed by atoms with Gasteiger partial charge in [-0.05, 0) is 50.1 Å². The first-order valence-electron chi connectivity index (χ1n) is 4.90. The van der Waals surface area contributed by atoms with Crippen LogP contribution in [0, 0.1) is 15.9 Å². The molecule has 0 N–H and O–H groups in total. The SMILES string of the molecule is O=[N+]([O-])c1cc(F)ccc1Oc1ncc(Br)cc1Br. The van der Waals surface area contributed by atoms with Crippen LogP contribution in [0.25, 0.3) is 0 Å². The fraction of sp³-hybridized carbons (Fsp3) is 0. The molecule has 0 atom stereocenters. The Kier molecular flexibility index (Phi) is 4.11. The van der Waals surface area contributed by atoms with Gasteiger partial charge < -0.3 is 4.74 Å². The first-order chi connectivity index (χ1) is 8.97. The smallest absolute Gasteiger partial charge is 0.314 e. The average Bonchev–Trinajstić information content (AvgIpc) is 2.34. The minimum Gasteiger partial charge on any atom is -0.431 e. The molecule has 19 heavy (non-hydrogen) atoms. The van der Waals surface area contributed by atoms with Gasteiger partial charge in [-0.2, -0.15) is 0 Å². The van der Waals surface area contributed by atoms with Crippen LogP contribution in [0.15, 0.2) is 39.4 Å². The van der Waals surface area contributed by atoms with Crippen LogP contribution in [0.4, 0.5) is 10.1 Å². The zero-order chi connectivity index (χ0) is 14.0. The van der Waals surface area contributed by atoms with Crippen LogP contribution in [-0.4, -0.2) is 9.91 Å². The topological polar surface area (TPSA) is 65.3 Å². The quantitative estimate of drug-likeness (QED) is 0.572. The molecule has 0 radical (unpaired) electrons. The predicted molar refractivity (Wildman–Crippen MR) is 72.8 cm³/mol. The predicted octanol–water partition coefficient (Wildman–Crippen LogP) is 4.45. The van der Waals surface area contributed by atoms with Gasteiger partial charge in [-0.25, -0.2) is 9.37 Å². The van der Waals surface area contributed by atoms with Gasteiger partial charge >= 0.3 is 5.69 Å². The summed E-state index contributed by atoms with van der Waals surface area (Å²) in [5, 5.41) is 10.8. The monoisotopic (exact) mass is 390 g/mol. The summed E-state index contributed by atoms with van der Waals surface area (Å²) in [7, 11) is 0. The van der Waals surface area contributed by atoms with E-state index in [-0.39, 0.29) is 11.6 Å². The van der Waals surface area contributed by atoms with Crippen LogP contribution in [0.1, 0.15) is 0 Å². The molecular weight excluding hydrogens is 387 g/mol. The first kappa shape index (κ1) is 13.9. The van der Waals surface area contributed by atoms with Crippen molar-refractivity contribution in [1.82, 2.24) is 4.98 Å². The summed E-state index contributed by atoms with van der Waals surface area (Å²) >= 11 is 6.44. The maximum atomic E-state index is 13.0. The fourth-order valence-electron chi connectivity index (χ4n) is 1.30. The van der Waals surface area contributed by atoms with Gasteiger partial charge in [-0.15, -0.1) is 0 Å². The van der Waals surface area contributed by atoms with Crippen molar-refractivity contribution in [2.24, 2.45) is 0 Å². The summed E-state index contributed by atoms with van der Waals surface area (Å²) in [5.74, 6) is -0.637. The lowest BCUT2D eigenvalue weighted by atomic mass is 10.3. The Morgan fingerprint density at radius 3 is 2.68 bits per heavy atom. The van der Waals surface area contributed by atoms with Crippen LogP contribution in [0.3, 0.4) is 0 Å². The number of pyridine rings is 1. The number of benzene rings is 1. The largest absolute Gasteiger partial charge is 0.431 e. The molecule has 0 saturated carbocycles. The van der Waals surface area contributed by atoms with Crippen molar-refractivity contribution in [3.63, 3.8) is 0 Å². The molecule has 0 amide bonds. The third kappa shape index (κ3) is 3.27. The van der Waals surface area contributed by atoms with Crippen molar-refractivity contribution in [3.05, 3.63) is 55.3 Å². The number of hydrogen-bond donors (Lipinski definition) is 0. The fourth-order valence-corrected chi connectivity index (χ4v) is 2.37. The van der Waals surface area contributed by atoms with Crippen molar-refractivity contribution < 1.29 is 14.1 Å². The van der Waals surface area contributed by atoms with Gasteiger partial charge in [0.15, 0.2) is 0 Å². The zero-order valence-electron chi connectivity index (χ0n) is 9.14. The van der Waals surface area contributed by atoms with Crippen molar-refractivity contribution in [3.8, 4) is 11.6 Å². The van der Waals surface area contributed by atoms with E-state index in [1.165, 1.54) is 12.3 Å². The van der Waals surface area contributed by atoms with Gasteiger partial charge in [-0.3, -0.25) is 10.1 Å². The van der Waals surface area contributed by atoms with Gasteiger partial charge in [0.1, 0.15) is 5.82 Å². The van der Waals surface area contributed by atoms with E-state index in [9.17, 15) is 14.5 Å². The molecular formula is C11H5Br2FN2O3. The molecule has 1 heterocycles. The highest BCUT2D eigenvalue weighted by Crippen LogP contribution is 2.34. The highest BCUT2D eigenvalue weighted by Gasteiger charge is 2.18. The Bertz CT molecular complexity index is 652. The summed E-state index contributed by atoms with van der Waals surface area (Å²) in [5.41, 5.74) is -0.461. The van der Waals surface area contributed by atoms with E-state index in [0.717, 1.165) is 16.6 Å². The summed E-state index contributed by atoms with van der Waals surface area (Å²) in [4.78, 5) is 14.1. The van der Waals surface area contributed by atoms with E-state index in [1.807, 2.05) is 0 Å². The molecule has 2 rings (SSSR count). The number of nitrogens with zero attached hydrogens (tertiary/aromatic N) is 2. The van der Waals surface area contributed by atoms with Crippen molar-refractivity contribution in [2.75, 3.05) is 0 Å². The Morgan fingerprint density at radius 2 is 2.05 bits per heavy atom. The van der Waals surface area contributed by atoms with Gasteiger partial charge in [0, 0.05) is 10.7 Å². The van der Waals surface area contributed by atoms with Crippen LogP contribution in [0.2, 0.25) is 0 Å². The third-order valence-electron chi connectivity index (χ3n) is 2.10. The third-order valence-corrected chi connectivity index (χ3v) is 3.10. The first-order valence-corrected chi connectivity index (χ1v) is 6.49. The molecule has 0 bridgehead atoms. The average molecular weight is 392 g/mol. The Hall–Kier alpha value is -1.54. The summed E-state index contributed by atoms with van der Waals surface area (Å²) in [6.45, 7) is 0. The molecule has 0 saturated heterocycles. The highest BCUT2D eigenvalue weighted by molar-refractivity contribution is 9.11. The minimum atomic E-state index is -0.717. The number of aromatic nitrogens is 1. The number of nitro benzene ring substituents is 1. The molecule has 1 aromatic carbocycles. The highest BCUT2D eigenvalue weighted by atomic mass is 79.9. The number of ether oxygens (including phenoxy) is 1. The van der Waals surface area contributed by atoms with E-state index in [1.54, 1.807) is 6.07 Å².